The van der Waals surface area contributed by atoms with Crippen LogP contribution in [0.15, 0.2) is 36.5 Å². The van der Waals surface area contributed by atoms with Gasteiger partial charge in [-0.1, -0.05) is 12.8 Å². The molecule has 1 aromatic carbocycles. The van der Waals surface area contributed by atoms with Gasteiger partial charge in [-0.2, -0.15) is 0 Å². The first-order chi connectivity index (χ1) is 12.7. The van der Waals surface area contributed by atoms with Gasteiger partial charge in [0.1, 0.15) is 5.75 Å². The summed E-state index contributed by atoms with van der Waals surface area (Å²) >= 11 is 0. The Morgan fingerprint density at radius 2 is 2.00 bits per heavy atom. The molecule has 2 fully saturated rings. The molecule has 0 radical (unpaired) electrons. The van der Waals surface area contributed by atoms with Crippen molar-refractivity contribution in [2.75, 3.05) is 5.32 Å². The third-order valence-corrected chi connectivity index (χ3v) is 5.28. The number of anilines is 1. The quantitative estimate of drug-likeness (QED) is 0.881. The molecule has 2 heterocycles. The zero-order valence-corrected chi connectivity index (χ0v) is 14.9. The Bertz CT molecular complexity index is 764. The van der Waals surface area contributed by atoms with Crippen molar-refractivity contribution in [2.24, 2.45) is 5.92 Å². The van der Waals surface area contributed by atoms with E-state index in [0.717, 1.165) is 17.8 Å². The summed E-state index contributed by atoms with van der Waals surface area (Å²) in [5.74, 6) is 1.35. The molecule has 6 nitrogen and oxygen atoms in total. The van der Waals surface area contributed by atoms with Crippen molar-refractivity contribution in [1.29, 1.82) is 0 Å². The normalized spacial score (nSPS) is 24.7. The van der Waals surface area contributed by atoms with E-state index in [1.807, 2.05) is 37.3 Å². The molecule has 6 heteroatoms. The van der Waals surface area contributed by atoms with Crippen LogP contribution in [0.4, 0.5) is 5.69 Å². The highest BCUT2D eigenvalue weighted by Gasteiger charge is 2.38. The lowest BCUT2D eigenvalue weighted by molar-refractivity contribution is -0.117. The fourth-order valence-corrected chi connectivity index (χ4v) is 3.94. The zero-order chi connectivity index (χ0) is 17.9. The molecule has 2 N–H and O–H groups in total. The number of hydrogen-bond acceptors (Lipinski definition) is 5. The van der Waals surface area contributed by atoms with E-state index in [2.05, 4.69) is 20.6 Å². The SMILES string of the molecule is Cc1ccnc(Oc2ccc(NC(=O)C3CC4CCCCC4N3)cc2)n1. The summed E-state index contributed by atoms with van der Waals surface area (Å²) in [4.78, 5) is 20.8. The molecule has 26 heavy (non-hydrogen) atoms. The fraction of sp³-hybridized carbons (Fsp3) is 0.450. The van der Waals surface area contributed by atoms with E-state index in [0.29, 0.717) is 23.7 Å². The Morgan fingerprint density at radius 1 is 1.19 bits per heavy atom. The number of aromatic nitrogens is 2. The lowest BCUT2D eigenvalue weighted by Crippen LogP contribution is -2.39. The van der Waals surface area contributed by atoms with Crippen molar-refractivity contribution in [3.05, 3.63) is 42.2 Å². The Hall–Kier alpha value is -2.47. The van der Waals surface area contributed by atoms with Crippen LogP contribution in [-0.4, -0.2) is 28.0 Å². The van der Waals surface area contributed by atoms with Gasteiger partial charge in [-0.3, -0.25) is 4.79 Å². The van der Waals surface area contributed by atoms with Crippen LogP contribution in [0, 0.1) is 12.8 Å². The average molecular weight is 352 g/mol. The van der Waals surface area contributed by atoms with Gasteiger partial charge in [0, 0.05) is 23.6 Å². The Kier molecular flexibility index (Phi) is 4.84. The number of ether oxygens (including phenoxy) is 1. The topological polar surface area (TPSA) is 76.1 Å². The van der Waals surface area contributed by atoms with Gasteiger partial charge in [-0.15, -0.1) is 0 Å². The van der Waals surface area contributed by atoms with Gasteiger partial charge in [0.15, 0.2) is 0 Å². The standard InChI is InChI=1S/C20H24N4O2/c1-13-10-11-21-20(22-13)26-16-8-6-15(7-9-16)23-19(25)18-12-14-4-2-3-5-17(14)24-18/h6-11,14,17-18,24H,2-5,12H2,1H3,(H,23,25). The smallest absolute Gasteiger partial charge is 0.322 e. The van der Waals surface area contributed by atoms with E-state index < -0.39 is 0 Å². The van der Waals surface area contributed by atoms with Crippen LogP contribution in [0.2, 0.25) is 0 Å². The van der Waals surface area contributed by atoms with E-state index in [1.54, 1.807) is 6.20 Å². The molecule has 3 unspecified atom stereocenters. The number of hydrogen-bond donors (Lipinski definition) is 2. The molecule has 2 aromatic rings. The first-order valence-electron chi connectivity index (χ1n) is 9.32. The number of rotatable bonds is 4. The van der Waals surface area contributed by atoms with Crippen LogP contribution in [-0.2, 0) is 4.79 Å². The zero-order valence-electron chi connectivity index (χ0n) is 14.9. The molecular weight excluding hydrogens is 328 g/mol. The van der Waals surface area contributed by atoms with Crippen molar-refractivity contribution < 1.29 is 9.53 Å². The molecule has 136 valence electrons. The lowest BCUT2D eigenvalue weighted by Gasteiger charge is -2.24. The Balaban J connectivity index is 1.34. The van der Waals surface area contributed by atoms with Crippen LogP contribution in [0.3, 0.4) is 0 Å². The van der Waals surface area contributed by atoms with Gasteiger partial charge in [-0.25, -0.2) is 9.97 Å². The third-order valence-electron chi connectivity index (χ3n) is 5.28. The molecule has 2 aliphatic rings. The Labute approximate surface area is 153 Å². The summed E-state index contributed by atoms with van der Waals surface area (Å²) in [6.45, 7) is 1.89. The van der Waals surface area contributed by atoms with Crippen molar-refractivity contribution >= 4 is 11.6 Å². The highest BCUT2D eigenvalue weighted by molar-refractivity contribution is 5.95. The highest BCUT2D eigenvalue weighted by Crippen LogP contribution is 2.33. The van der Waals surface area contributed by atoms with Gasteiger partial charge in [0.25, 0.3) is 0 Å². The van der Waals surface area contributed by atoms with Gasteiger partial charge in [0.2, 0.25) is 5.91 Å². The van der Waals surface area contributed by atoms with Crippen LogP contribution in [0.5, 0.6) is 11.8 Å². The van der Waals surface area contributed by atoms with E-state index >= 15 is 0 Å². The summed E-state index contributed by atoms with van der Waals surface area (Å²) in [6, 6.07) is 9.87. The van der Waals surface area contributed by atoms with E-state index in [9.17, 15) is 4.79 Å². The van der Waals surface area contributed by atoms with Crippen LogP contribution >= 0.6 is 0 Å². The minimum absolute atomic E-state index is 0.0510. The molecule has 1 saturated heterocycles. The second kappa shape index (κ2) is 7.41. The number of nitrogens with one attached hydrogen (secondary N) is 2. The highest BCUT2D eigenvalue weighted by atomic mass is 16.5. The number of aryl methyl sites for hydroxylation is 1. The number of amides is 1. The first kappa shape index (κ1) is 17.0. The average Bonchev–Trinajstić information content (AvgIpc) is 3.08. The number of carbonyl (C=O) groups is 1. The molecule has 1 aliphatic carbocycles. The van der Waals surface area contributed by atoms with Crippen molar-refractivity contribution in [3.8, 4) is 11.8 Å². The molecule has 1 aliphatic heterocycles. The van der Waals surface area contributed by atoms with Crippen molar-refractivity contribution in [3.63, 3.8) is 0 Å². The minimum atomic E-state index is -0.0836. The van der Waals surface area contributed by atoms with Gasteiger partial charge < -0.3 is 15.4 Å². The third kappa shape index (κ3) is 3.85. The van der Waals surface area contributed by atoms with Crippen LogP contribution in [0.1, 0.15) is 37.8 Å². The number of fused-ring (bicyclic) bond motifs is 1. The predicted molar refractivity (Wildman–Crippen MR) is 99.2 cm³/mol. The van der Waals surface area contributed by atoms with E-state index in [4.69, 9.17) is 4.74 Å². The maximum atomic E-state index is 12.5. The van der Waals surface area contributed by atoms with Crippen LogP contribution in [0.25, 0.3) is 0 Å². The molecule has 0 bridgehead atoms. The predicted octanol–water partition coefficient (Wildman–Crippen LogP) is 3.44. The largest absolute Gasteiger partial charge is 0.424 e. The summed E-state index contributed by atoms with van der Waals surface area (Å²) in [7, 11) is 0. The number of benzene rings is 1. The molecule has 0 spiro atoms. The van der Waals surface area contributed by atoms with E-state index in [-0.39, 0.29) is 11.9 Å². The molecule has 1 aromatic heterocycles. The van der Waals surface area contributed by atoms with Crippen LogP contribution < -0.4 is 15.4 Å². The molecule has 1 saturated carbocycles. The monoisotopic (exact) mass is 352 g/mol. The Morgan fingerprint density at radius 3 is 2.77 bits per heavy atom. The maximum Gasteiger partial charge on any atom is 0.322 e. The fourth-order valence-electron chi connectivity index (χ4n) is 3.94. The second-order valence-electron chi connectivity index (χ2n) is 7.20. The minimum Gasteiger partial charge on any atom is -0.424 e. The second-order valence-corrected chi connectivity index (χ2v) is 7.20. The summed E-state index contributed by atoms with van der Waals surface area (Å²) in [5, 5.41) is 6.51. The molecule has 1 amide bonds. The van der Waals surface area contributed by atoms with Gasteiger partial charge in [-0.05, 0) is 62.4 Å². The number of carbonyl (C=O) groups excluding carboxylic acids is 1. The molecule has 3 atom stereocenters. The molecule has 4 rings (SSSR count). The van der Waals surface area contributed by atoms with Crippen molar-refractivity contribution in [2.45, 2.75) is 51.1 Å². The maximum absolute atomic E-state index is 12.5. The summed E-state index contributed by atoms with van der Waals surface area (Å²) < 4.78 is 5.64. The first-order valence-corrected chi connectivity index (χ1v) is 9.32. The number of nitrogens with zero attached hydrogens (tertiary/aromatic N) is 2. The van der Waals surface area contributed by atoms with Gasteiger partial charge >= 0.3 is 6.01 Å². The summed E-state index contributed by atoms with van der Waals surface area (Å²) in [5.41, 5.74) is 1.62. The lowest BCUT2D eigenvalue weighted by atomic mass is 9.85. The van der Waals surface area contributed by atoms with E-state index in [1.165, 1.54) is 25.7 Å². The summed E-state index contributed by atoms with van der Waals surface area (Å²) in [6.07, 6.45) is 7.62. The van der Waals surface area contributed by atoms with Gasteiger partial charge in [0.05, 0.1) is 6.04 Å². The molecular formula is C20H24N4O2. The van der Waals surface area contributed by atoms with Crippen molar-refractivity contribution in [1.82, 2.24) is 15.3 Å².